The van der Waals surface area contributed by atoms with Crippen LogP contribution in [0.15, 0.2) is 54.4 Å². The van der Waals surface area contributed by atoms with Gasteiger partial charge in [-0.3, -0.25) is 9.59 Å². The fourth-order valence-corrected chi connectivity index (χ4v) is 2.53. The van der Waals surface area contributed by atoms with E-state index in [1.807, 2.05) is 0 Å². The lowest BCUT2D eigenvalue weighted by atomic mass is 9.95. The van der Waals surface area contributed by atoms with E-state index >= 15 is 0 Å². The van der Waals surface area contributed by atoms with Crippen molar-refractivity contribution in [1.82, 2.24) is 10.3 Å². The first-order valence-electron chi connectivity index (χ1n) is 7.43. The van der Waals surface area contributed by atoms with Gasteiger partial charge in [0.1, 0.15) is 5.82 Å². The van der Waals surface area contributed by atoms with E-state index in [-0.39, 0.29) is 30.5 Å². The number of carbonyl (C=O) groups excluding carboxylic acids is 1. The summed E-state index contributed by atoms with van der Waals surface area (Å²) in [6.45, 7) is 7.14. The summed E-state index contributed by atoms with van der Waals surface area (Å²) in [5.41, 5.74) is -1.35. The van der Waals surface area contributed by atoms with Crippen LogP contribution < -0.4 is 10.9 Å². The second-order valence-corrected chi connectivity index (χ2v) is 5.63. The maximum atomic E-state index is 13.3. The summed E-state index contributed by atoms with van der Waals surface area (Å²) in [5, 5.41) is 13.5. The highest BCUT2D eigenvalue weighted by molar-refractivity contribution is 6.05. The van der Waals surface area contributed by atoms with Crippen molar-refractivity contribution in [3.8, 4) is 0 Å². The molecular weight excluding hydrogens is 311 g/mol. The molecule has 2 rings (SSSR count). The zero-order valence-corrected chi connectivity index (χ0v) is 13.1. The zero-order chi connectivity index (χ0) is 17.7. The van der Waals surface area contributed by atoms with Crippen LogP contribution in [0.4, 0.5) is 4.39 Å². The molecule has 1 amide bonds. The number of halogens is 1. The van der Waals surface area contributed by atoms with Gasteiger partial charge in [0.15, 0.2) is 0 Å². The van der Waals surface area contributed by atoms with E-state index in [0.29, 0.717) is 5.39 Å². The summed E-state index contributed by atoms with van der Waals surface area (Å²) >= 11 is 0. The Bertz CT molecular complexity index is 832. The van der Waals surface area contributed by atoms with Crippen LogP contribution in [0, 0.1) is 5.82 Å². The Labute approximate surface area is 138 Å². The van der Waals surface area contributed by atoms with Gasteiger partial charge in [-0.15, -0.1) is 13.2 Å². The fourth-order valence-electron chi connectivity index (χ4n) is 2.53. The number of fused-ring (bicyclic) bond motifs is 1. The Morgan fingerprint density at radius 1 is 1.29 bits per heavy atom. The minimum Gasteiger partial charge on any atom is -0.387 e. The maximum absolute atomic E-state index is 13.3. The van der Waals surface area contributed by atoms with Crippen LogP contribution in [0.1, 0.15) is 23.2 Å². The van der Waals surface area contributed by atoms with Crippen molar-refractivity contribution in [1.29, 1.82) is 0 Å². The number of aromatic nitrogens is 1. The van der Waals surface area contributed by atoms with Gasteiger partial charge in [-0.1, -0.05) is 12.2 Å². The number of nitrogens with one attached hydrogen (secondary N) is 2. The molecule has 6 heteroatoms. The number of aliphatic hydroxyl groups is 1. The van der Waals surface area contributed by atoms with Crippen molar-refractivity contribution in [2.75, 3.05) is 6.54 Å². The molecule has 3 N–H and O–H groups in total. The van der Waals surface area contributed by atoms with Crippen LogP contribution in [0.5, 0.6) is 0 Å². The molecule has 1 aromatic heterocycles. The normalized spacial score (nSPS) is 11.2. The van der Waals surface area contributed by atoms with Gasteiger partial charge in [0, 0.05) is 18.0 Å². The molecular formula is C18H19FN2O3. The monoisotopic (exact) mass is 330 g/mol. The lowest BCUT2D eigenvalue weighted by molar-refractivity contribution is 0.0437. The number of carbonyl (C=O) groups is 1. The summed E-state index contributed by atoms with van der Waals surface area (Å²) < 4.78 is 13.3. The molecule has 0 aliphatic rings. The smallest absolute Gasteiger partial charge is 0.252 e. The van der Waals surface area contributed by atoms with Crippen LogP contribution in [0.2, 0.25) is 0 Å². The summed E-state index contributed by atoms with van der Waals surface area (Å²) in [6.07, 6.45) is 3.67. The average molecular weight is 330 g/mol. The molecule has 0 radical (unpaired) electrons. The molecule has 24 heavy (non-hydrogen) atoms. The van der Waals surface area contributed by atoms with E-state index in [1.165, 1.54) is 12.1 Å². The molecule has 126 valence electrons. The van der Waals surface area contributed by atoms with Gasteiger partial charge >= 0.3 is 0 Å². The van der Waals surface area contributed by atoms with E-state index in [9.17, 15) is 19.1 Å². The summed E-state index contributed by atoms with van der Waals surface area (Å²) in [7, 11) is 0. The van der Waals surface area contributed by atoms with Gasteiger partial charge in [0.2, 0.25) is 5.56 Å². The van der Waals surface area contributed by atoms with Gasteiger partial charge in [-0.05, 0) is 31.0 Å². The second kappa shape index (κ2) is 7.23. The number of rotatable bonds is 7. The number of hydrogen-bond donors (Lipinski definition) is 3. The lowest BCUT2D eigenvalue weighted by Crippen LogP contribution is -2.42. The molecule has 0 atom stereocenters. The van der Waals surface area contributed by atoms with Crippen molar-refractivity contribution in [2.45, 2.75) is 18.4 Å². The average Bonchev–Trinajstić information content (AvgIpc) is 2.52. The lowest BCUT2D eigenvalue weighted by Gasteiger charge is -2.26. The molecule has 0 spiro atoms. The molecule has 0 aliphatic heterocycles. The minimum atomic E-state index is -1.19. The van der Waals surface area contributed by atoms with Crippen molar-refractivity contribution in [3.63, 3.8) is 0 Å². The van der Waals surface area contributed by atoms with Crippen molar-refractivity contribution in [2.24, 2.45) is 0 Å². The molecule has 0 saturated carbocycles. The van der Waals surface area contributed by atoms with Gasteiger partial charge in [0.05, 0.1) is 16.7 Å². The number of hydrogen-bond acceptors (Lipinski definition) is 3. The Kier molecular flexibility index (Phi) is 5.31. The summed E-state index contributed by atoms with van der Waals surface area (Å²) in [4.78, 5) is 26.6. The highest BCUT2D eigenvalue weighted by Gasteiger charge is 2.25. The molecule has 5 nitrogen and oxygen atoms in total. The van der Waals surface area contributed by atoms with E-state index in [2.05, 4.69) is 23.5 Å². The molecule has 0 fully saturated rings. The third-order valence-corrected chi connectivity index (χ3v) is 3.68. The van der Waals surface area contributed by atoms with E-state index < -0.39 is 22.9 Å². The van der Waals surface area contributed by atoms with Gasteiger partial charge in [-0.25, -0.2) is 4.39 Å². The second-order valence-electron chi connectivity index (χ2n) is 5.63. The third-order valence-electron chi connectivity index (χ3n) is 3.68. The molecule has 1 aromatic carbocycles. The SMILES string of the molecule is C=CCC(O)(CC=C)CNC(=O)c1cc(=O)[nH]c2cc(F)ccc12. The van der Waals surface area contributed by atoms with E-state index in [4.69, 9.17) is 0 Å². The first-order valence-corrected chi connectivity index (χ1v) is 7.43. The van der Waals surface area contributed by atoms with E-state index in [0.717, 1.165) is 12.1 Å². The van der Waals surface area contributed by atoms with Crippen LogP contribution in [-0.2, 0) is 0 Å². The van der Waals surface area contributed by atoms with Gasteiger partial charge < -0.3 is 15.4 Å². The number of H-pyrrole nitrogens is 1. The van der Waals surface area contributed by atoms with Crippen molar-refractivity contribution >= 4 is 16.8 Å². The number of amides is 1. The summed E-state index contributed by atoms with van der Waals surface area (Å²) in [6, 6.07) is 4.94. The molecule has 1 heterocycles. The van der Waals surface area contributed by atoms with Gasteiger partial charge in [-0.2, -0.15) is 0 Å². The zero-order valence-electron chi connectivity index (χ0n) is 13.1. The van der Waals surface area contributed by atoms with Gasteiger partial charge in [0.25, 0.3) is 5.91 Å². The first kappa shape index (κ1) is 17.6. The van der Waals surface area contributed by atoms with Crippen molar-refractivity contribution in [3.05, 3.63) is 71.3 Å². The first-order chi connectivity index (χ1) is 11.4. The molecule has 0 saturated heterocycles. The molecule has 0 bridgehead atoms. The largest absolute Gasteiger partial charge is 0.387 e. The minimum absolute atomic E-state index is 0.0284. The molecule has 0 aliphatic carbocycles. The van der Waals surface area contributed by atoms with Crippen LogP contribution >= 0.6 is 0 Å². The molecule has 0 unspecified atom stereocenters. The topological polar surface area (TPSA) is 82.2 Å². The van der Waals surface area contributed by atoms with Crippen LogP contribution in [0.3, 0.4) is 0 Å². The fraction of sp³-hybridized carbons (Fsp3) is 0.222. The predicted octanol–water partition coefficient (Wildman–Crippen LogP) is 2.28. The number of benzene rings is 1. The number of aromatic amines is 1. The Morgan fingerprint density at radius 2 is 1.96 bits per heavy atom. The summed E-state index contributed by atoms with van der Waals surface area (Å²) in [5.74, 6) is -1.04. The standard InChI is InChI=1S/C18H19FN2O3/c1-3-7-18(24,8-4-2)11-20-17(23)14-10-16(22)21-15-9-12(19)5-6-13(14)15/h3-6,9-10,24H,1-2,7-8,11H2,(H,20,23)(H,21,22). The predicted molar refractivity (Wildman–Crippen MR) is 91.4 cm³/mol. The number of pyridine rings is 1. The maximum Gasteiger partial charge on any atom is 0.252 e. The highest BCUT2D eigenvalue weighted by atomic mass is 19.1. The van der Waals surface area contributed by atoms with Crippen molar-refractivity contribution < 1.29 is 14.3 Å². The van der Waals surface area contributed by atoms with Crippen LogP contribution in [0.25, 0.3) is 10.9 Å². The third kappa shape index (κ3) is 3.97. The van der Waals surface area contributed by atoms with Crippen LogP contribution in [-0.4, -0.2) is 28.1 Å². The Morgan fingerprint density at radius 3 is 2.58 bits per heavy atom. The quantitative estimate of drug-likeness (QED) is 0.681. The highest BCUT2D eigenvalue weighted by Crippen LogP contribution is 2.18. The Balaban J connectivity index is 2.30. The Hall–Kier alpha value is -2.73. The van der Waals surface area contributed by atoms with E-state index in [1.54, 1.807) is 12.2 Å². The molecule has 2 aromatic rings.